The fraction of sp³-hybridized carbons (Fsp3) is 0.429. The molecule has 88 valence electrons. The summed E-state index contributed by atoms with van der Waals surface area (Å²) in [6.07, 6.45) is 3.27. The lowest BCUT2D eigenvalue weighted by Crippen LogP contribution is -2.15. The normalized spacial score (nSPS) is 11.6. The van der Waals surface area contributed by atoms with Crippen molar-refractivity contribution in [2.45, 2.75) is 20.3 Å². The van der Waals surface area contributed by atoms with Gasteiger partial charge in [0.2, 0.25) is 0 Å². The molecule has 0 aromatic heterocycles. The van der Waals surface area contributed by atoms with Gasteiger partial charge in [0.25, 0.3) is 0 Å². The summed E-state index contributed by atoms with van der Waals surface area (Å²) in [5, 5.41) is 3.35. The number of methoxy groups -OCH3 is 1. The topological polar surface area (TPSA) is 21.3 Å². The van der Waals surface area contributed by atoms with E-state index >= 15 is 0 Å². The molecule has 0 heterocycles. The zero-order valence-corrected chi connectivity index (χ0v) is 10.4. The predicted molar refractivity (Wildman–Crippen MR) is 69.8 cm³/mol. The summed E-state index contributed by atoms with van der Waals surface area (Å²) in [7, 11) is 1.71. The molecule has 0 amide bonds. The molecule has 0 radical (unpaired) electrons. The van der Waals surface area contributed by atoms with Crippen molar-refractivity contribution in [3.63, 3.8) is 0 Å². The van der Waals surface area contributed by atoms with E-state index < -0.39 is 0 Å². The van der Waals surface area contributed by atoms with Crippen molar-refractivity contribution >= 4 is 6.08 Å². The Balaban J connectivity index is 2.85. The number of nitrogens with one attached hydrogen (secondary N) is 1. The maximum Gasteiger partial charge on any atom is 0.126 e. The highest BCUT2D eigenvalue weighted by atomic mass is 16.5. The van der Waals surface area contributed by atoms with Gasteiger partial charge in [-0.1, -0.05) is 43.7 Å². The second-order valence-corrected chi connectivity index (χ2v) is 3.68. The second kappa shape index (κ2) is 7.07. The standard InChI is InChI=1S/C14H21NO/c1-4-12(11-15-5-2)10-13-8-6-7-9-14(13)16-3/h6-10,15H,4-5,11H2,1-3H3. The Labute approximate surface area is 98.3 Å². The van der Waals surface area contributed by atoms with E-state index in [4.69, 9.17) is 4.74 Å². The van der Waals surface area contributed by atoms with Gasteiger partial charge in [0.15, 0.2) is 0 Å². The van der Waals surface area contributed by atoms with E-state index in [-0.39, 0.29) is 0 Å². The molecule has 1 aromatic rings. The van der Waals surface area contributed by atoms with E-state index in [2.05, 4.69) is 31.3 Å². The molecule has 0 spiro atoms. The summed E-state index contributed by atoms with van der Waals surface area (Å²) < 4.78 is 5.33. The van der Waals surface area contributed by atoms with Crippen LogP contribution in [-0.4, -0.2) is 20.2 Å². The lowest BCUT2D eigenvalue weighted by atomic mass is 10.1. The fourth-order valence-electron chi connectivity index (χ4n) is 1.57. The van der Waals surface area contributed by atoms with E-state index in [9.17, 15) is 0 Å². The average molecular weight is 219 g/mol. The predicted octanol–water partition coefficient (Wildman–Crippen LogP) is 3.10. The molecule has 0 bridgehead atoms. The van der Waals surface area contributed by atoms with E-state index in [1.54, 1.807) is 7.11 Å². The SMILES string of the molecule is CCNCC(=Cc1ccccc1OC)CC. The number of likely N-dealkylation sites (N-methyl/N-ethyl adjacent to an activating group) is 1. The van der Waals surface area contributed by atoms with Gasteiger partial charge < -0.3 is 10.1 Å². The summed E-state index contributed by atoms with van der Waals surface area (Å²) >= 11 is 0. The van der Waals surface area contributed by atoms with Crippen molar-refractivity contribution in [1.82, 2.24) is 5.32 Å². The molecular formula is C14H21NO. The van der Waals surface area contributed by atoms with Crippen LogP contribution in [0.5, 0.6) is 5.75 Å². The number of para-hydroxylation sites is 1. The van der Waals surface area contributed by atoms with Crippen molar-refractivity contribution in [3.8, 4) is 5.75 Å². The van der Waals surface area contributed by atoms with Crippen molar-refractivity contribution in [1.29, 1.82) is 0 Å². The number of hydrogen-bond donors (Lipinski definition) is 1. The highest BCUT2D eigenvalue weighted by Crippen LogP contribution is 2.20. The van der Waals surface area contributed by atoms with Gasteiger partial charge in [-0.05, 0) is 19.0 Å². The number of ether oxygens (including phenoxy) is 1. The first kappa shape index (κ1) is 12.8. The van der Waals surface area contributed by atoms with Gasteiger partial charge in [-0.15, -0.1) is 0 Å². The molecule has 0 aliphatic heterocycles. The monoisotopic (exact) mass is 219 g/mol. The summed E-state index contributed by atoms with van der Waals surface area (Å²) in [6.45, 7) is 6.25. The minimum atomic E-state index is 0.935. The van der Waals surface area contributed by atoms with Crippen LogP contribution < -0.4 is 10.1 Å². The van der Waals surface area contributed by atoms with Gasteiger partial charge in [-0.2, -0.15) is 0 Å². The fourth-order valence-corrected chi connectivity index (χ4v) is 1.57. The Morgan fingerprint density at radius 1 is 1.31 bits per heavy atom. The highest BCUT2D eigenvalue weighted by molar-refractivity contribution is 5.59. The Bertz CT molecular complexity index is 344. The maximum absolute atomic E-state index is 5.33. The largest absolute Gasteiger partial charge is 0.496 e. The van der Waals surface area contributed by atoms with Crippen LogP contribution in [0.4, 0.5) is 0 Å². The van der Waals surface area contributed by atoms with Crippen LogP contribution in [0, 0.1) is 0 Å². The van der Waals surface area contributed by atoms with Crippen LogP contribution >= 0.6 is 0 Å². The summed E-state index contributed by atoms with van der Waals surface area (Å²) in [4.78, 5) is 0. The lowest BCUT2D eigenvalue weighted by molar-refractivity contribution is 0.414. The van der Waals surface area contributed by atoms with Crippen molar-refractivity contribution < 1.29 is 4.74 Å². The minimum Gasteiger partial charge on any atom is -0.496 e. The molecule has 2 heteroatoms. The number of rotatable bonds is 6. The number of hydrogen-bond acceptors (Lipinski definition) is 2. The molecule has 0 saturated heterocycles. The summed E-state index contributed by atoms with van der Waals surface area (Å²) in [5.41, 5.74) is 2.55. The smallest absolute Gasteiger partial charge is 0.126 e. The molecule has 0 aliphatic rings. The molecule has 0 unspecified atom stereocenters. The Kier molecular flexibility index (Phi) is 5.65. The van der Waals surface area contributed by atoms with Gasteiger partial charge in [0.1, 0.15) is 5.75 Å². The third kappa shape index (κ3) is 3.70. The van der Waals surface area contributed by atoms with E-state index in [0.717, 1.165) is 30.8 Å². The van der Waals surface area contributed by atoms with Crippen LogP contribution in [0.3, 0.4) is 0 Å². The Hall–Kier alpha value is -1.28. The lowest BCUT2D eigenvalue weighted by Gasteiger charge is -2.08. The van der Waals surface area contributed by atoms with Crippen molar-refractivity contribution in [2.75, 3.05) is 20.2 Å². The number of benzene rings is 1. The molecular weight excluding hydrogens is 198 g/mol. The quantitative estimate of drug-likeness (QED) is 0.793. The third-order valence-electron chi connectivity index (χ3n) is 2.55. The van der Waals surface area contributed by atoms with Gasteiger partial charge in [0, 0.05) is 12.1 Å². The van der Waals surface area contributed by atoms with Gasteiger partial charge in [0.05, 0.1) is 7.11 Å². The molecule has 2 nitrogen and oxygen atoms in total. The molecule has 0 fully saturated rings. The first-order chi connectivity index (χ1) is 7.81. The van der Waals surface area contributed by atoms with Crippen LogP contribution in [0.15, 0.2) is 29.8 Å². The van der Waals surface area contributed by atoms with Gasteiger partial charge in [-0.25, -0.2) is 0 Å². The van der Waals surface area contributed by atoms with Crippen molar-refractivity contribution in [2.24, 2.45) is 0 Å². The van der Waals surface area contributed by atoms with Crippen LogP contribution in [0.25, 0.3) is 6.08 Å². The molecule has 1 N–H and O–H groups in total. The molecule has 0 saturated carbocycles. The van der Waals surface area contributed by atoms with Crippen LogP contribution in [0.1, 0.15) is 25.8 Å². The van der Waals surface area contributed by atoms with Crippen molar-refractivity contribution in [3.05, 3.63) is 35.4 Å². The van der Waals surface area contributed by atoms with Gasteiger partial charge in [-0.3, -0.25) is 0 Å². The first-order valence-electron chi connectivity index (χ1n) is 5.85. The minimum absolute atomic E-state index is 0.935. The molecule has 0 aliphatic carbocycles. The molecule has 1 rings (SSSR count). The third-order valence-corrected chi connectivity index (χ3v) is 2.55. The first-order valence-corrected chi connectivity index (χ1v) is 5.85. The van der Waals surface area contributed by atoms with E-state index in [1.165, 1.54) is 5.57 Å². The highest BCUT2D eigenvalue weighted by Gasteiger charge is 2.00. The van der Waals surface area contributed by atoms with E-state index in [1.807, 2.05) is 18.2 Å². The zero-order chi connectivity index (χ0) is 11.8. The molecule has 16 heavy (non-hydrogen) atoms. The Morgan fingerprint density at radius 3 is 2.69 bits per heavy atom. The zero-order valence-electron chi connectivity index (χ0n) is 10.4. The van der Waals surface area contributed by atoms with Crippen LogP contribution in [-0.2, 0) is 0 Å². The van der Waals surface area contributed by atoms with Crippen LogP contribution in [0.2, 0.25) is 0 Å². The molecule has 0 atom stereocenters. The molecule has 1 aromatic carbocycles. The summed E-state index contributed by atoms with van der Waals surface area (Å²) in [5.74, 6) is 0.935. The second-order valence-electron chi connectivity index (χ2n) is 3.68. The van der Waals surface area contributed by atoms with E-state index in [0.29, 0.717) is 0 Å². The Morgan fingerprint density at radius 2 is 2.06 bits per heavy atom. The summed E-state index contributed by atoms with van der Waals surface area (Å²) in [6, 6.07) is 8.10. The maximum atomic E-state index is 5.33. The average Bonchev–Trinajstić information content (AvgIpc) is 2.34. The van der Waals surface area contributed by atoms with Gasteiger partial charge >= 0.3 is 0 Å².